The number of phosphoric ester groups is 1. The molecule has 0 saturated heterocycles. The predicted molar refractivity (Wildman–Crippen MR) is 150 cm³/mol. The molecule has 0 unspecified atom stereocenters. The fraction of sp³-hybridized carbons (Fsp3) is 0.667. The van der Waals surface area contributed by atoms with E-state index in [1.807, 2.05) is 0 Å². The summed E-state index contributed by atoms with van der Waals surface area (Å²) in [7, 11) is -4.45. The zero-order chi connectivity index (χ0) is 26.6. The smallest absolute Gasteiger partial charge is 0.303 e. The summed E-state index contributed by atoms with van der Waals surface area (Å²) >= 11 is 0. The normalized spacial score (nSPS) is 23.3. The molecule has 5 heteroatoms. The van der Waals surface area contributed by atoms with Crippen LogP contribution < -0.4 is 0 Å². The molecule has 1 aliphatic carbocycles. The van der Waals surface area contributed by atoms with Crippen LogP contribution in [0.3, 0.4) is 0 Å². The summed E-state index contributed by atoms with van der Waals surface area (Å²) < 4.78 is 16.2. The van der Waals surface area contributed by atoms with Crippen molar-refractivity contribution in [3.63, 3.8) is 0 Å². The van der Waals surface area contributed by atoms with E-state index < -0.39 is 7.82 Å². The second-order valence-electron chi connectivity index (χ2n) is 11.3. The third-order valence-corrected chi connectivity index (χ3v) is 7.69. The van der Waals surface area contributed by atoms with Crippen LogP contribution in [-0.4, -0.2) is 16.4 Å². The van der Waals surface area contributed by atoms with Gasteiger partial charge in [0.05, 0.1) is 6.61 Å². The molecule has 1 aliphatic rings. The van der Waals surface area contributed by atoms with Gasteiger partial charge < -0.3 is 9.79 Å². The highest BCUT2D eigenvalue weighted by Gasteiger charge is 2.59. The Hall–Kier alpha value is -1.19. The fourth-order valence-corrected chi connectivity index (χ4v) is 5.13. The first-order valence-electron chi connectivity index (χ1n) is 13.2. The Balaban J connectivity index is 2.71. The summed E-state index contributed by atoms with van der Waals surface area (Å²) in [6.07, 6.45) is 20.0. The van der Waals surface area contributed by atoms with Gasteiger partial charge in [-0.25, -0.2) is 4.57 Å². The molecule has 2 N–H and O–H groups in total. The molecule has 35 heavy (non-hydrogen) atoms. The lowest BCUT2D eigenvalue weighted by molar-refractivity contribution is 0.179. The molecule has 0 radical (unpaired) electrons. The molecule has 4 nitrogen and oxygen atoms in total. The highest BCUT2D eigenvalue weighted by atomic mass is 31.2. The van der Waals surface area contributed by atoms with Crippen molar-refractivity contribution in [3.05, 3.63) is 58.2 Å². The van der Waals surface area contributed by atoms with Crippen molar-refractivity contribution < 1.29 is 18.9 Å². The number of hydrogen-bond acceptors (Lipinski definition) is 2. The first kappa shape index (κ1) is 31.8. The predicted octanol–water partition coefficient (Wildman–Crippen LogP) is 9.24. The third-order valence-electron chi connectivity index (χ3n) is 7.21. The SMILES string of the molecule is CC(C)=CCC/C(C)=C/CC/C(C)=C/[C@H]1[C@H](COP(=O)(O)O)[C@@]1(C)CC/C=C(\C)CCC=C(C)C. The number of rotatable bonds is 16. The first-order valence-corrected chi connectivity index (χ1v) is 14.7. The molecule has 1 fully saturated rings. The quantitative estimate of drug-likeness (QED) is 0.162. The molecule has 0 amide bonds. The van der Waals surface area contributed by atoms with Gasteiger partial charge in [0.15, 0.2) is 0 Å². The lowest BCUT2D eigenvalue weighted by Crippen LogP contribution is -2.03. The van der Waals surface area contributed by atoms with Crippen LogP contribution in [0, 0.1) is 17.3 Å². The van der Waals surface area contributed by atoms with E-state index in [0.717, 1.165) is 51.4 Å². The maximum Gasteiger partial charge on any atom is 0.469 e. The monoisotopic (exact) mass is 506 g/mol. The molecule has 0 spiro atoms. The molecule has 3 atom stereocenters. The molecule has 1 saturated carbocycles. The summed E-state index contributed by atoms with van der Waals surface area (Å²) in [5.41, 5.74) is 6.94. The van der Waals surface area contributed by atoms with Gasteiger partial charge in [0.1, 0.15) is 0 Å². The zero-order valence-electron chi connectivity index (χ0n) is 23.6. The van der Waals surface area contributed by atoms with Gasteiger partial charge in [0, 0.05) is 0 Å². The van der Waals surface area contributed by atoms with Crippen molar-refractivity contribution in [1.82, 2.24) is 0 Å². The van der Waals surface area contributed by atoms with Crippen LogP contribution in [0.25, 0.3) is 0 Å². The number of phosphoric acid groups is 1. The molecule has 1 rings (SSSR count). The van der Waals surface area contributed by atoms with Gasteiger partial charge in [-0.05, 0) is 117 Å². The van der Waals surface area contributed by atoms with Crippen LogP contribution >= 0.6 is 7.82 Å². The summed E-state index contributed by atoms with van der Waals surface area (Å²) in [5, 5.41) is 0. The minimum atomic E-state index is -4.45. The largest absolute Gasteiger partial charge is 0.469 e. The topological polar surface area (TPSA) is 66.8 Å². The lowest BCUT2D eigenvalue weighted by atomic mass is 9.95. The van der Waals surface area contributed by atoms with Crippen molar-refractivity contribution in [2.75, 3.05) is 6.61 Å². The Kier molecular flexibility index (Phi) is 13.8. The van der Waals surface area contributed by atoms with Crippen LogP contribution in [0.4, 0.5) is 0 Å². The van der Waals surface area contributed by atoms with Gasteiger partial charge in [0.25, 0.3) is 0 Å². The molecule has 0 aromatic heterocycles. The van der Waals surface area contributed by atoms with Crippen LogP contribution in [0.1, 0.15) is 107 Å². The van der Waals surface area contributed by atoms with Gasteiger partial charge in [-0.1, -0.05) is 65.2 Å². The van der Waals surface area contributed by atoms with Gasteiger partial charge in [0.2, 0.25) is 0 Å². The molecule has 0 aliphatic heterocycles. The minimum Gasteiger partial charge on any atom is -0.303 e. The summed E-state index contributed by atoms with van der Waals surface area (Å²) in [6.45, 7) is 17.5. The maximum atomic E-state index is 11.3. The van der Waals surface area contributed by atoms with Gasteiger partial charge in [-0.3, -0.25) is 4.52 Å². The summed E-state index contributed by atoms with van der Waals surface area (Å²) in [6, 6.07) is 0. The van der Waals surface area contributed by atoms with Gasteiger partial charge in [-0.2, -0.15) is 0 Å². The van der Waals surface area contributed by atoms with Crippen molar-refractivity contribution in [2.45, 2.75) is 107 Å². The van der Waals surface area contributed by atoms with E-state index in [9.17, 15) is 14.4 Å². The summed E-state index contributed by atoms with van der Waals surface area (Å²) in [5.74, 6) is 0.446. The Morgan fingerprint density at radius 1 is 0.771 bits per heavy atom. The highest BCUT2D eigenvalue weighted by molar-refractivity contribution is 7.46. The molecule has 0 aromatic carbocycles. The van der Waals surface area contributed by atoms with Crippen molar-refractivity contribution in [3.8, 4) is 0 Å². The highest BCUT2D eigenvalue weighted by Crippen LogP contribution is 2.63. The maximum absolute atomic E-state index is 11.3. The molecule has 0 aromatic rings. The Bertz CT molecular complexity index is 863. The Labute approximate surface area is 215 Å². The molecular formula is C30H51O4P. The van der Waals surface area contributed by atoms with E-state index in [1.54, 1.807) is 0 Å². The Morgan fingerprint density at radius 2 is 1.23 bits per heavy atom. The van der Waals surface area contributed by atoms with Crippen molar-refractivity contribution >= 4 is 7.82 Å². The van der Waals surface area contributed by atoms with E-state index in [1.165, 1.54) is 27.9 Å². The van der Waals surface area contributed by atoms with Gasteiger partial charge >= 0.3 is 7.82 Å². The van der Waals surface area contributed by atoms with Crippen LogP contribution in [0.5, 0.6) is 0 Å². The van der Waals surface area contributed by atoms with Crippen LogP contribution in [0.15, 0.2) is 58.2 Å². The second-order valence-corrected chi connectivity index (χ2v) is 12.5. The second kappa shape index (κ2) is 15.2. The fourth-order valence-electron chi connectivity index (χ4n) is 4.78. The molecule has 200 valence electrons. The average Bonchev–Trinajstić information content (AvgIpc) is 3.26. The van der Waals surface area contributed by atoms with E-state index in [-0.39, 0.29) is 17.9 Å². The molecule has 0 bridgehead atoms. The molecule has 0 heterocycles. The summed E-state index contributed by atoms with van der Waals surface area (Å²) in [4.78, 5) is 18.4. The standard InChI is InChI=1S/C30H51O4P/c1-23(2)13-9-15-25(5)17-11-18-27(7)21-28-29(22-34-35(31,32)33)30(28,8)20-12-19-26(6)16-10-14-24(3)4/h13-14,17,19,21,28-29H,9-12,15-16,18,20,22H2,1-8H3,(H2,31,32,33)/b25-17+,26-19+,27-21+/t28-,29-,30-/m0/s1. The van der Waals surface area contributed by atoms with Gasteiger partial charge in [-0.15, -0.1) is 0 Å². The number of hydrogen-bond donors (Lipinski definition) is 2. The molecular weight excluding hydrogens is 455 g/mol. The van der Waals surface area contributed by atoms with E-state index in [2.05, 4.69) is 85.8 Å². The zero-order valence-corrected chi connectivity index (χ0v) is 24.5. The van der Waals surface area contributed by atoms with Crippen molar-refractivity contribution in [2.24, 2.45) is 17.3 Å². The van der Waals surface area contributed by atoms with Crippen LogP contribution in [-0.2, 0) is 9.09 Å². The third kappa shape index (κ3) is 13.6. The van der Waals surface area contributed by atoms with E-state index in [4.69, 9.17) is 4.52 Å². The first-order chi connectivity index (χ1) is 16.2. The van der Waals surface area contributed by atoms with E-state index >= 15 is 0 Å². The minimum absolute atomic E-state index is 0.0171. The Morgan fingerprint density at radius 3 is 1.71 bits per heavy atom. The van der Waals surface area contributed by atoms with E-state index in [0.29, 0.717) is 5.92 Å². The van der Waals surface area contributed by atoms with Crippen LogP contribution in [0.2, 0.25) is 0 Å². The number of allylic oxidation sites excluding steroid dienone is 10. The van der Waals surface area contributed by atoms with Crippen molar-refractivity contribution in [1.29, 1.82) is 0 Å². The average molecular weight is 507 g/mol. The lowest BCUT2D eigenvalue weighted by Gasteiger charge is -2.11.